The number of esters is 1. The van der Waals surface area contributed by atoms with Crippen LogP contribution in [-0.4, -0.2) is 34.2 Å². The van der Waals surface area contributed by atoms with Crippen LogP contribution in [-0.2, 0) is 19.1 Å². The van der Waals surface area contributed by atoms with Crippen molar-refractivity contribution >= 4 is 17.9 Å². The maximum absolute atomic E-state index is 12.1. The average Bonchev–Trinajstić information content (AvgIpc) is 3.13. The van der Waals surface area contributed by atoms with Crippen LogP contribution in [0.4, 0.5) is 0 Å². The monoisotopic (exact) mass is 476 g/mol. The number of hydrogen-bond acceptors (Lipinski definition) is 4. The lowest BCUT2D eigenvalue weighted by atomic mass is 9.44. The summed E-state index contributed by atoms with van der Waals surface area (Å²) in [7, 11) is 0. The van der Waals surface area contributed by atoms with Crippen molar-refractivity contribution < 1.29 is 29.3 Å². The smallest absolute Gasteiger partial charge is 0.306 e. The van der Waals surface area contributed by atoms with Crippen LogP contribution < -0.4 is 0 Å². The molecule has 4 unspecified atom stereocenters. The van der Waals surface area contributed by atoms with Crippen LogP contribution in [0.2, 0.25) is 0 Å². The second-order valence-electron chi connectivity index (χ2n) is 12.6. The molecule has 0 bridgehead atoms. The fourth-order valence-electron chi connectivity index (χ4n) is 9.31. The summed E-state index contributed by atoms with van der Waals surface area (Å²) >= 11 is 0. The topological polar surface area (TPSA) is 101 Å². The lowest BCUT2D eigenvalue weighted by molar-refractivity contribution is -0.164. The molecule has 0 aromatic rings. The third kappa shape index (κ3) is 4.75. The van der Waals surface area contributed by atoms with E-state index in [0.717, 1.165) is 43.4 Å². The summed E-state index contributed by atoms with van der Waals surface area (Å²) in [6.07, 6.45) is 11.3. The Morgan fingerprint density at radius 1 is 0.853 bits per heavy atom. The molecule has 4 saturated carbocycles. The van der Waals surface area contributed by atoms with Crippen LogP contribution in [0.3, 0.4) is 0 Å². The maximum Gasteiger partial charge on any atom is 0.306 e. The van der Waals surface area contributed by atoms with Gasteiger partial charge in [0, 0.05) is 6.42 Å². The molecule has 9 atom stereocenters. The van der Waals surface area contributed by atoms with Gasteiger partial charge in [0.15, 0.2) is 0 Å². The Bertz CT molecular complexity index is 794. The second-order valence-corrected chi connectivity index (χ2v) is 12.6. The minimum Gasteiger partial charge on any atom is -0.481 e. The number of carboxylic acid groups (broad SMARTS) is 2. The van der Waals surface area contributed by atoms with E-state index in [0.29, 0.717) is 28.6 Å². The van der Waals surface area contributed by atoms with Crippen molar-refractivity contribution in [1.82, 2.24) is 0 Å². The largest absolute Gasteiger partial charge is 0.481 e. The van der Waals surface area contributed by atoms with Crippen LogP contribution in [0, 0.1) is 46.3 Å². The molecular formula is C28H44O6. The van der Waals surface area contributed by atoms with Gasteiger partial charge >= 0.3 is 17.9 Å². The number of rotatable bonds is 8. The van der Waals surface area contributed by atoms with Gasteiger partial charge in [-0.25, -0.2) is 0 Å². The van der Waals surface area contributed by atoms with Crippen molar-refractivity contribution in [1.29, 1.82) is 0 Å². The molecule has 6 nitrogen and oxygen atoms in total. The minimum absolute atomic E-state index is 0.0369. The Morgan fingerprint density at radius 3 is 2.24 bits per heavy atom. The summed E-state index contributed by atoms with van der Waals surface area (Å²) in [5.74, 6) is 1.96. The zero-order chi connectivity index (χ0) is 24.7. The molecule has 0 aromatic carbocycles. The average molecular weight is 477 g/mol. The van der Waals surface area contributed by atoms with Crippen molar-refractivity contribution in [2.24, 2.45) is 46.3 Å². The number of ether oxygens (including phenoxy) is 1. The molecule has 0 aliphatic heterocycles. The van der Waals surface area contributed by atoms with E-state index < -0.39 is 11.9 Å². The van der Waals surface area contributed by atoms with Gasteiger partial charge in [0.25, 0.3) is 0 Å². The number of hydrogen-bond donors (Lipinski definition) is 2. The van der Waals surface area contributed by atoms with Gasteiger partial charge in [0.05, 0.1) is 12.8 Å². The molecule has 0 amide bonds. The Labute approximate surface area is 204 Å². The molecule has 0 radical (unpaired) electrons. The standard InChI is InChI=1S/C28H44O6/c1-17(4-9-24(29)30)21-7-8-22-20-6-5-18-16-19(34-26(33)11-10-25(31)32)12-14-27(18,2)23(20)13-15-28(21,22)3/h17-23H,4-16H2,1-3H3,(H,29,30)(H,31,32)/t17-,18-,19-,20+,21?,22+,23?,27?,28?/m1/s1. The summed E-state index contributed by atoms with van der Waals surface area (Å²) in [6, 6.07) is 0. The number of carbonyl (C=O) groups excluding carboxylic acids is 1. The van der Waals surface area contributed by atoms with E-state index in [-0.39, 0.29) is 31.3 Å². The fourth-order valence-corrected chi connectivity index (χ4v) is 9.31. The Hall–Kier alpha value is -1.59. The van der Waals surface area contributed by atoms with E-state index in [4.69, 9.17) is 14.9 Å². The summed E-state index contributed by atoms with van der Waals surface area (Å²) < 4.78 is 5.69. The van der Waals surface area contributed by atoms with Crippen LogP contribution in [0.1, 0.15) is 104 Å². The lowest BCUT2D eigenvalue weighted by Crippen LogP contribution is -2.54. The van der Waals surface area contributed by atoms with Gasteiger partial charge in [-0.1, -0.05) is 20.8 Å². The first-order valence-corrected chi connectivity index (χ1v) is 13.7. The number of carboxylic acids is 2. The molecule has 4 rings (SSSR count). The highest BCUT2D eigenvalue weighted by Crippen LogP contribution is 2.68. The van der Waals surface area contributed by atoms with Crippen molar-refractivity contribution in [3.63, 3.8) is 0 Å². The van der Waals surface area contributed by atoms with E-state index in [9.17, 15) is 14.4 Å². The van der Waals surface area contributed by atoms with Gasteiger partial charge in [-0.05, 0) is 111 Å². The molecule has 2 N–H and O–H groups in total. The van der Waals surface area contributed by atoms with E-state index in [1.807, 2.05) is 0 Å². The van der Waals surface area contributed by atoms with Crippen molar-refractivity contribution in [3.8, 4) is 0 Å². The molecule has 4 aliphatic rings. The molecule has 192 valence electrons. The number of carbonyl (C=O) groups is 3. The summed E-state index contributed by atoms with van der Waals surface area (Å²) in [5.41, 5.74) is 0.653. The van der Waals surface area contributed by atoms with E-state index in [1.54, 1.807) is 0 Å². The first-order valence-electron chi connectivity index (χ1n) is 13.7. The SMILES string of the molecule is C[C@H](CCC(=O)O)C1CC[C@H]2[C@@H]3CC[C@@H]4C[C@H](OC(=O)CCC(=O)O)CCC4(C)C3CCC12C. The first kappa shape index (κ1) is 25.5. The molecular weight excluding hydrogens is 432 g/mol. The van der Waals surface area contributed by atoms with E-state index >= 15 is 0 Å². The predicted molar refractivity (Wildman–Crippen MR) is 128 cm³/mol. The number of aliphatic carboxylic acids is 2. The lowest BCUT2D eigenvalue weighted by Gasteiger charge is -2.61. The second kappa shape index (κ2) is 9.81. The third-order valence-corrected chi connectivity index (χ3v) is 11.0. The molecule has 0 heterocycles. The highest BCUT2D eigenvalue weighted by molar-refractivity contribution is 5.76. The van der Waals surface area contributed by atoms with Gasteiger partial charge in [-0.3, -0.25) is 14.4 Å². The zero-order valence-corrected chi connectivity index (χ0v) is 21.3. The molecule has 34 heavy (non-hydrogen) atoms. The van der Waals surface area contributed by atoms with Crippen LogP contribution in [0.15, 0.2) is 0 Å². The summed E-state index contributed by atoms with van der Waals surface area (Å²) in [6.45, 7) is 7.30. The molecule has 6 heteroatoms. The Kier molecular flexibility index (Phi) is 7.36. The van der Waals surface area contributed by atoms with Crippen LogP contribution in [0.25, 0.3) is 0 Å². The van der Waals surface area contributed by atoms with E-state index in [1.165, 1.54) is 38.5 Å². The first-order chi connectivity index (χ1) is 16.0. The van der Waals surface area contributed by atoms with E-state index in [2.05, 4.69) is 20.8 Å². The van der Waals surface area contributed by atoms with Gasteiger partial charge in [-0.2, -0.15) is 0 Å². The normalized spacial score (nSPS) is 42.1. The van der Waals surface area contributed by atoms with Crippen LogP contribution in [0.5, 0.6) is 0 Å². The van der Waals surface area contributed by atoms with Crippen molar-refractivity contribution in [3.05, 3.63) is 0 Å². The molecule has 0 spiro atoms. The highest BCUT2D eigenvalue weighted by Gasteiger charge is 2.60. The fraction of sp³-hybridized carbons (Fsp3) is 0.893. The minimum atomic E-state index is -0.957. The van der Waals surface area contributed by atoms with Gasteiger partial charge < -0.3 is 14.9 Å². The summed E-state index contributed by atoms with van der Waals surface area (Å²) in [5, 5.41) is 18.0. The summed E-state index contributed by atoms with van der Waals surface area (Å²) in [4.78, 5) is 34.0. The molecule has 0 aromatic heterocycles. The molecule has 0 saturated heterocycles. The molecule has 4 aliphatic carbocycles. The van der Waals surface area contributed by atoms with Gasteiger partial charge in [0.2, 0.25) is 0 Å². The number of fused-ring (bicyclic) bond motifs is 5. The van der Waals surface area contributed by atoms with Crippen molar-refractivity contribution in [2.45, 2.75) is 110 Å². The maximum atomic E-state index is 12.1. The highest BCUT2D eigenvalue weighted by atomic mass is 16.5. The quantitative estimate of drug-likeness (QED) is 0.422. The van der Waals surface area contributed by atoms with Gasteiger partial charge in [0.1, 0.15) is 6.10 Å². The third-order valence-electron chi connectivity index (χ3n) is 11.0. The predicted octanol–water partition coefficient (Wildman–Crippen LogP) is 5.92. The van der Waals surface area contributed by atoms with Crippen molar-refractivity contribution in [2.75, 3.05) is 0 Å². The van der Waals surface area contributed by atoms with Gasteiger partial charge in [-0.15, -0.1) is 0 Å². The Balaban J connectivity index is 1.39. The Morgan fingerprint density at radius 2 is 1.53 bits per heavy atom. The van der Waals surface area contributed by atoms with Crippen LogP contribution >= 0.6 is 0 Å². The zero-order valence-electron chi connectivity index (χ0n) is 21.3. The molecule has 4 fully saturated rings.